The van der Waals surface area contributed by atoms with Gasteiger partial charge in [-0.3, -0.25) is 5.41 Å². The molecule has 0 saturated carbocycles. The lowest BCUT2D eigenvalue weighted by molar-refractivity contribution is 0.514. The molecule has 0 amide bonds. The fraction of sp³-hybridized carbons (Fsp3) is 0.265. The number of aliphatic hydroxyl groups is 1. The van der Waals surface area contributed by atoms with E-state index in [0.29, 0.717) is 22.2 Å². The first-order chi connectivity index (χ1) is 17.6. The van der Waals surface area contributed by atoms with Gasteiger partial charge in [-0.05, 0) is 91.5 Å². The summed E-state index contributed by atoms with van der Waals surface area (Å²) < 4.78 is 0. The van der Waals surface area contributed by atoms with Crippen molar-refractivity contribution in [2.45, 2.75) is 53.9 Å². The Balaban J connectivity index is 1.81. The van der Waals surface area contributed by atoms with E-state index in [1.165, 1.54) is 11.1 Å². The summed E-state index contributed by atoms with van der Waals surface area (Å²) >= 11 is 6.66. The predicted octanol–water partition coefficient (Wildman–Crippen LogP) is 10.2. The molecule has 2 nitrogen and oxygen atoms in total. The van der Waals surface area contributed by atoms with Gasteiger partial charge < -0.3 is 5.11 Å². The quantitative estimate of drug-likeness (QED) is 0.196. The maximum absolute atomic E-state index is 9.64. The van der Waals surface area contributed by atoms with E-state index in [-0.39, 0.29) is 5.76 Å². The zero-order valence-electron chi connectivity index (χ0n) is 22.7. The third-order valence-corrected chi connectivity index (χ3v) is 7.34. The molecule has 3 heteroatoms. The molecule has 2 aromatic carbocycles. The molecule has 0 saturated heterocycles. The smallest absolute Gasteiger partial charge is 0.115 e. The second kappa shape index (κ2) is 12.7. The summed E-state index contributed by atoms with van der Waals surface area (Å²) in [4.78, 5) is 0. The van der Waals surface area contributed by atoms with Crippen LogP contribution in [-0.4, -0.2) is 10.8 Å². The molecular formula is C34H38ClNO. The maximum Gasteiger partial charge on any atom is 0.115 e. The van der Waals surface area contributed by atoms with Gasteiger partial charge in [-0.15, -0.1) is 0 Å². The van der Waals surface area contributed by atoms with Crippen LogP contribution in [0.15, 0.2) is 95.1 Å². The Labute approximate surface area is 227 Å². The molecule has 2 aromatic rings. The van der Waals surface area contributed by atoms with E-state index in [2.05, 4.69) is 65.5 Å². The average Bonchev–Trinajstić information content (AvgIpc) is 3.03. The Bertz CT molecular complexity index is 1350. The van der Waals surface area contributed by atoms with Crippen LogP contribution >= 0.6 is 11.6 Å². The van der Waals surface area contributed by atoms with E-state index in [1.807, 2.05) is 48.6 Å². The van der Waals surface area contributed by atoms with Gasteiger partial charge in [-0.1, -0.05) is 98.3 Å². The molecule has 3 rings (SSSR count). The van der Waals surface area contributed by atoms with Gasteiger partial charge in [0.25, 0.3) is 0 Å². The molecule has 37 heavy (non-hydrogen) atoms. The van der Waals surface area contributed by atoms with Crippen molar-refractivity contribution in [1.82, 2.24) is 0 Å². The molecule has 2 N–H and O–H groups in total. The van der Waals surface area contributed by atoms with Gasteiger partial charge in [0.15, 0.2) is 0 Å². The molecule has 0 radical (unpaired) electrons. The monoisotopic (exact) mass is 511 g/mol. The van der Waals surface area contributed by atoms with E-state index in [0.717, 1.165) is 52.7 Å². The van der Waals surface area contributed by atoms with Crippen LogP contribution in [0.1, 0.15) is 69.7 Å². The highest BCUT2D eigenvalue weighted by atomic mass is 35.5. The molecule has 0 spiro atoms. The first kappa shape index (κ1) is 28.2. The zero-order valence-corrected chi connectivity index (χ0v) is 23.4. The largest absolute Gasteiger partial charge is 0.508 e. The van der Waals surface area contributed by atoms with Crippen LogP contribution < -0.4 is 0 Å². The number of hydrogen-bond acceptors (Lipinski definition) is 2. The zero-order chi connectivity index (χ0) is 27.1. The van der Waals surface area contributed by atoms with Crippen molar-refractivity contribution in [1.29, 1.82) is 5.41 Å². The van der Waals surface area contributed by atoms with Gasteiger partial charge in [0.05, 0.1) is 5.71 Å². The highest BCUT2D eigenvalue weighted by molar-refractivity contribution is 6.32. The minimum atomic E-state index is 0.0555. The first-order valence-corrected chi connectivity index (χ1v) is 13.2. The Morgan fingerprint density at radius 3 is 2.57 bits per heavy atom. The topological polar surface area (TPSA) is 44.1 Å². The van der Waals surface area contributed by atoms with E-state index >= 15 is 0 Å². The number of aliphatic hydroxyl groups excluding tert-OH is 1. The normalized spacial score (nSPS) is 14.6. The van der Waals surface area contributed by atoms with Crippen molar-refractivity contribution in [3.8, 4) is 0 Å². The van der Waals surface area contributed by atoms with Crippen LogP contribution in [0.3, 0.4) is 0 Å². The number of nitrogens with one attached hydrogen (secondary N) is 1. The summed E-state index contributed by atoms with van der Waals surface area (Å²) in [6.45, 7) is 14.4. The average molecular weight is 512 g/mol. The van der Waals surface area contributed by atoms with Gasteiger partial charge in [0.1, 0.15) is 5.76 Å². The standard InChI is InChI=1S/C34H38ClNO/c1-22(2)25(5)31(34(36)33-23(3)10-7-8-11-24(33)4)19-16-28-15-18-29(32(35)21-28)17-14-27-12-9-13-30(20-27)26(6)37/h7,9-15,17-18,20-22,36-37H,6,8,16,19H2,1-5H3/b17-14+,31-25+,36-34?. The lowest BCUT2D eigenvalue weighted by atomic mass is 9.85. The third kappa shape index (κ3) is 7.33. The summed E-state index contributed by atoms with van der Waals surface area (Å²) in [7, 11) is 0. The summed E-state index contributed by atoms with van der Waals surface area (Å²) in [5.74, 6) is 0.430. The second-order valence-electron chi connectivity index (χ2n) is 10.0. The van der Waals surface area contributed by atoms with Gasteiger partial charge in [0.2, 0.25) is 0 Å². The molecular weight excluding hydrogens is 474 g/mol. The molecule has 0 fully saturated rings. The number of aryl methyl sites for hydroxylation is 1. The molecule has 0 aliphatic heterocycles. The van der Waals surface area contributed by atoms with Crippen LogP contribution in [-0.2, 0) is 6.42 Å². The summed E-state index contributed by atoms with van der Waals surface area (Å²) in [5, 5.41) is 19.5. The van der Waals surface area contributed by atoms with Gasteiger partial charge in [-0.25, -0.2) is 0 Å². The van der Waals surface area contributed by atoms with E-state index in [9.17, 15) is 10.5 Å². The van der Waals surface area contributed by atoms with Crippen molar-refractivity contribution in [2.24, 2.45) is 5.92 Å². The third-order valence-electron chi connectivity index (χ3n) is 7.01. The highest BCUT2D eigenvalue weighted by Crippen LogP contribution is 2.30. The highest BCUT2D eigenvalue weighted by Gasteiger charge is 2.19. The van der Waals surface area contributed by atoms with E-state index in [4.69, 9.17) is 11.6 Å². The van der Waals surface area contributed by atoms with Gasteiger partial charge in [0, 0.05) is 16.2 Å². The predicted molar refractivity (Wildman–Crippen MR) is 162 cm³/mol. The fourth-order valence-corrected chi connectivity index (χ4v) is 4.80. The summed E-state index contributed by atoms with van der Waals surface area (Å²) in [6, 6.07) is 13.8. The van der Waals surface area contributed by atoms with Gasteiger partial charge in [-0.2, -0.15) is 0 Å². The van der Waals surface area contributed by atoms with E-state index in [1.54, 1.807) is 0 Å². The molecule has 0 unspecified atom stereocenters. The Morgan fingerprint density at radius 1 is 1.14 bits per heavy atom. The Morgan fingerprint density at radius 2 is 1.89 bits per heavy atom. The first-order valence-electron chi connectivity index (χ1n) is 12.9. The SMILES string of the molecule is C=C(O)c1cccc(/C=C/c2ccc(CC/C(C(=N)C3=C(C)C=CCC=C3C)=C(/C)C(C)C)cc2Cl)c1. The maximum atomic E-state index is 9.64. The summed E-state index contributed by atoms with van der Waals surface area (Å²) in [6.07, 6.45) is 13.0. The van der Waals surface area contributed by atoms with Crippen molar-refractivity contribution < 1.29 is 5.11 Å². The minimum absolute atomic E-state index is 0.0555. The molecule has 0 aromatic heterocycles. The molecule has 1 aliphatic carbocycles. The minimum Gasteiger partial charge on any atom is -0.508 e. The molecule has 1 aliphatic rings. The van der Waals surface area contributed by atoms with Crippen molar-refractivity contribution in [2.75, 3.05) is 0 Å². The number of benzene rings is 2. The molecule has 0 bridgehead atoms. The molecule has 192 valence electrons. The summed E-state index contributed by atoms with van der Waals surface area (Å²) in [5.41, 5.74) is 10.2. The molecule has 0 atom stereocenters. The number of rotatable bonds is 9. The lowest BCUT2D eigenvalue weighted by Gasteiger charge is -2.20. The Kier molecular flexibility index (Phi) is 9.72. The van der Waals surface area contributed by atoms with Gasteiger partial charge >= 0.3 is 0 Å². The second-order valence-corrected chi connectivity index (χ2v) is 10.4. The van der Waals surface area contributed by atoms with Crippen molar-refractivity contribution in [3.63, 3.8) is 0 Å². The number of hydrogen-bond donors (Lipinski definition) is 2. The molecule has 0 heterocycles. The Hall–Kier alpha value is -3.36. The lowest BCUT2D eigenvalue weighted by Crippen LogP contribution is -2.13. The van der Waals surface area contributed by atoms with Crippen LogP contribution in [0.25, 0.3) is 17.9 Å². The van der Waals surface area contributed by atoms with E-state index < -0.39 is 0 Å². The van der Waals surface area contributed by atoms with Crippen LogP contribution in [0.5, 0.6) is 0 Å². The van der Waals surface area contributed by atoms with Crippen LogP contribution in [0.2, 0.25) is 5.02 Å². The van der Waals surface area contributed by atoms with Crippen molar-refractivity contribution in [3.05, 3.63) is 122 Å². The van der Waals surface area contributed by atoms with Crippen LogP contribution in [0, 0.1) is 11.3 Å². The van der Waals surface area contributed by atoms with Crippen LogP contribution in [0.4, 0.5) is 0 Å². The fourth-order valence-electron chi connectivity index (χ4n) is 4.54. The van der Waals surface area contributed by atoms with Crippen molar-refractivity contribution >= 4 is 35.2 Å². The number of halogens is 1. The number of allylic oxidation sites excluding steroid dienone is 8.